The zero-order valence-electron chi connectivity index (χ0n) is 12.3. The van der Waals surface area contributed by atoms with Gasteiger partial charge in [0.05, 0.1) is 4.91 Å². The van der Waals surface area contributed by atoms with Crippen molar-refractivity contribution >= 4 is 45.5 Å². The van der Waals surface area contributed by atoms with Gasteiger partial charge in [0.1, 0.15) is 5.75 Å². The third-order valence-corrected chi connectivity index (χ3v) is 4.94. The maximum Gasteiger partial charge on any atom is 0.310 e. The van der Waals surface area contributed by atoms with Crippen molar-refractivity contribution in [2.75, 3.05) is 0 Å². The van der Waals surface area contributed by atoms with E-state index in [-0.39, 0.29) is 11.8 Å². The summed E-state index contributed by atoms with van der Waals surface area (Å²) >= 11 is 4.85. The van der Waals surface area contributed by atoms with Crippen molar-refractivity contribution in [1.82, 2.24) is 0 Å². The summed E-state index contributed by atoms with van der Waals surface area (Å²) in [5.41, 5.74) is 1.41. The Kier molecular flexibility index (Phi) is 4.68. The van der Waals surface area contributed by atoms with E-state index in [9.17, 15) is 9.59 Å². The van der Waals surface area contributed by atoms with Gasteiger partial charge in [-0.25, -0.2) is 0 Å². The van der Waals surface area contributed by atoms with Crippen LogP contribution in [0.5, 0.6) is 5.75 Å². The number of thioether (sulfide) groups is 1. The number of carbonyl (C=O) groups is 2. The molecule has 3 nitrogen and oxygen atoms in total. The predicted molar refractivity (Wildman–Crippen MR) is 94.7 cm³/mol. The smallest absolute Gasteiger partial charge is 0.310 e. The average Bonchev–Trinajstić information content (AvgIpc) is 2.86. The largest absolute Gasteiger partial charge is 0.426 e. The number of hydrogen-bond acceptors (Lipinski definition) is 4. The predicted octanol–water partition coefficient (Wildman–Crippen LogP) is 5.09. The van der Waals surface area contributed by atoms with E-state index in [1.165, 1.54) is 11.8 Å². The lowest BCUT2D eigenvalue weighted by Crippen LogP contribution is -2.06. The van der Waals surface area contributed by atoms with Crippen LogP contribution < -0.4 is 4.74 Å². The molecule has 0 N–H and O–H groups in total. The van der Waals surface area contributed by atoms with Crippen molar-refractivity contribution < 1.29 is 14.3 Å². The van der Waals surface area contributed by atoms with Gasteiger partial charge in [-0.2, -0.15) is 0 Å². The molecule has 1 aliphatic rings. The molecule has 116 valence electrons. The molecule has 0 saturated heterocycles. The topological polar surface area (TPSA) is 43.4 Å². The number of hydrogen-bond donors (Lipinski definition) is 0. The van der Waals surface area contributed by atoms with Gasteiger partial charge in [0.2, 0.25) is 5.78 Å². The molecular formula is C18H13BrO3S. The number of esters is 1. The lowest BCUT2D eigenvalue weighted by Gasteiger charge is -2.08. The van der Waals surface area contributed by atoms with E-state index in [0.717, 1.165) is 9.37 Å². The SMILES string of the molecule is CCC(=O)Oc1ccc(Br)cc1/C=C1\Sc2ccccc2C1=O. The standard InChI is InChI=1S/C18H13BrO3S/c1-2-17(20)22-14-8-7-12(19)9-11(14)10-16-18(21)13-5-3-4-6-15(13)23-16/h3-10H,2H2,1H3/b16-10-. The summed E-state index contributed by atoms with van der Waals surface area (Å²) in [7, 11) is 0. The van der Waals surface area contributed by atoms with E-state index in [2.05, 4.69) is 15.9 Å². The molecule has 2 aromatic carbocycles. The van der Waals surface area contributed by atoms with Gasteiger partial charge in [0.15, 0.2) is 0 Å². The lowest BCUT2D eigenvalue weighted by atomic mass is 10.1. The Bertz CT molecular complexity index is 827. The summed E-state index contributed by atoms with van der Waals surface area (Å²) < 4.78 is 6.20. The van der Waals surface area contributed by atoms with Gasteiger partial charge in [-0.05, 0) is 36.4 Å². The second kappa shape index (κ2) is 6.72. The van der Waals surface area contributed by atoms with Gasteiger partial charge in [-0.1, -0.05) is 46.7 Å². The Balaban J connectivity index is 1.98. The van der Waals surface area contributed by atoms with Crippen LogP contribution in [0.4, 0.5) is 0 Å². The maximum atomic E-state index is 12.5. The normalized spacial score (nSPS) is 14.9. The lowest BCUT2D eigenvalue weighted by molar-refractivity contribution is -0.134. The monoisotopic (exact) mass is 388 g/mol. The molecule has 23 heavy (non-hydrogen) atoms. The Morgan fingerprint density at radius 1 is 1.26 bits per heavy atom. The summed E-state index contributed by atoms with van der Waals surface area (Å²) in [6, 6.07) is 12.9. The van der Waals surface area contributed by atoms with Crippen LogP contribution in [0.3, 0.4) is 0 Å². The van der Waals surface area contributed by atoms with Crippen LogP contribution in [0.15, 0.2) is 56.7 Å². The van der Waals surface area contributed by atoms with Gasteiger partial charge in [0, 0.05) is 26.9 Å². The number of fused-ring (bicyclic) bond motifs is 1. The number of ether oxygens (including phenoxy) is 1. The van der Waals surface area contributed by atoms with Crippen LogP contribution in [0.25, 0.3) is 6.08 Å². The molecule has 1 heterocycles. The van der Waals surface area contributed by atoms with Gasteiger partial charge in [-0.3, -0.25) is 9.59 Å². The zero-order chi connectivity index (χ0) is 16.4. The highest BCUT2D eigenvalue weighted by Gasteiger charge is 2.25. The van der Waals surface area contributed by atoms with Gasteiger partial charge in [-0.15, -0.1) is 0 Å². The molecule has 0 radical (unpaired) electrons. The minimum Gasteiger partial charge on any atom is -0.426 e. The molecule has 0 bridgehead atoms. The molecule has 0 amide bonds. The van der Waals surface area contributed by atoms with E-state index in [1.54, 1.807) is 25.1 Å². The van der Waals surface area contributed by atoms with Gasteiger partial charge in [0.25, 0.3) is 0 Å². The maximum absolute atomic E-state index is 12.5. The van der Waals surface area contributed by atoms with E-state index in [4.69, 9.17) is 4.74 Å². The first-order valence-corrected chi connectivity index (χ1v) is 8.73. The highest BCUT2D eigenvalue weighted by atomic mass is 79.9. The molecule has 0 aromatic heterocycles. The summed E-state index contributed by atoms with van der Waals surface area (Å²) in [5.74, 6) is 0.149. The van der Waals surface area contributed by atoms with E-state index in [0.29, 0.717) is 28.2 Å². The molecule has 0 spiro atoms. The van der Waals surface area contributed by atoms with Crippen LogP contribution in [0.2, 0.25) is 0 Å². The molecule has 0 atom stereocenters. The molecule has 3 rings (SSSR count). The number of carbonyl (C=O) groups excluding carboxylic acids is 2. The highest BCUT2D eigenvalue weighted by molar-refractivity contribution is 9.10. The van der Waals surface area contributed by atoms with E-state index < -0.39 is 0 Å². The number of benzene rings is 2. The van der Waals surface area contributed by atoms with Crippen molar-refractivity contribution in [3.8, 4) is 5.75 Å². The summed E-state index contributed by atoms with van der Waals surface area (Å²) in [6.45, 7) is 1.74. The summed E-state index contributed by atoms with van der Waals surface area (Å²) in [4.78, 5) is 25.6. The first kappa shape index (κ1) is 16.0. The van der Waals surface area contributed by atoms with E-state index >= 15 is 0 Å². The van der Waals surface area contributed by atoms with Crippen molar-refractivity contribution in [3.63, 3.8) is 0 Å². The minimum atomic E-state index is -0.305. The first-order chi connectivity index (χ1) is 11.1. The van der Waals surface area contributed by atoms with Crippen LogP contribution in [0, 0.1) is 0 Å². The second-order valence-electron chi connectivity index (χ2n) is 4.95. The van der Waals surface area contributed by atoms with Crippen molar-refractivity contribution in [1.29, 1.82) is 0 Å². The Labute approximate surface area is 146 Å². The average molecular weight is 389 g/mol. The number of rotatable bonds is 3. The molecule has 1 aliphatic heterocycles. The minimum absolute atomic E-state index is 0.00153. The van der Waals surface area contributed by atoms with Gasteiger partial charge < -0.3 is 4.74 Å². The quantitative estimate of drug-likeness (QED) is 0.417. The van der Waals surface area contributed by atoms with Crippen LogP contribution in [-0.4, -0.2) is 11.8 Å². The molecule has 2 aromatic rings. The van der Waals surface area contributed by atoms with Crippen molar-refractivity contribution in [2.24, 2.45) is 0 Å². The Morgan fingerprint density at radius 2 is 2.04 bits per heavy atom. The zero-order valence-corrected chi connectivity index (χ0v) is 14.7. The molecule has 0 saturated carbocycles. The fourth-order valence-electron chi connectivity index (χ4n) is 2.20. The van der Waals surface area contributed by atoms with Gasteiger partial charge >= 0.3 is 5.97 Å². The summed E-state index contributed by atoms with van der Waals surface area (Å²) in [6.07, 6.45) is 2.07. The third-order valence-electron chi connectivity index (χ3n) is 3.35. The molecule has 5 heteroatoms. The van der Waals surface area contributed by atoms with E-state index in [1.807, 2.05) is 30.3 Å². The van der Waals surface area contributed by atoms with Crippen LogP contribution >= 0.6 is 27.7 Å². The van der Waals surface area contributed by atoms with Crippen molar-refractivity contribution in [3.05, 3.63) is 63.0 Å². The fourth-order valence-corrected chi connectivity index (χ4v) is 3.62. The number of ketones is 1. The fraction of sp³-hybridized carbons (Fsp3) is 0.111. The Hall–Kier alpha value is -1.85. The Morgan fingerprint density at radius 3 is 2.78 bits per heavy atom. The molecular weight excluding hydrogens is 376 g/mol. The van der Waals surface area contributed by atoms with Crippen LogP contribution in [0.1, 0.15) is 29.3 Å². The first-order valence-electron chi connectivity index (χ1n) is 7.12. The second-order valence-corrected chi connectivity index (χ2v) is 6.95. The molecule has 0 aliphatic carbocycles. The number of allylic oxidation sites excluding steroid dienone is 1. The number of halogens is 1. The van der Waals surface area contributed by atoms with Crippen molar-refractivity contribution in [2.45, 2.75) is 18.2 Å². The molecule has 0 fully saturated rings. The number of Topliss-reactive ketones (excluding diaryl/α,β-unsaturated/α-hetero) is 1. The third kappa shape index (κ3) is 3.41. The van der Waals surface area contributed by atoms with Crippen LogP contribution in [-0.2, 0) is 4.79 Å². The highest BCUT2D eigenvalue weighted by Crippen LogP contribution is 2.41. The molecule has 0 unspecified atom stereocenters. The summed E-state index contributed by atoms with van der Waals surface area (Å²) in [5, 5.41) is 0.